The molecule has 1 saturated heterocycles. The lowest BCUT2D eigenvalue weighted by atomic mass is 10.2. The van der Waals surface area contributed by atoms with Gasteiger partial charge in [-0.1, -0.05) is 34.1 Å². The van der Waals surface area contributed by atoms with E-state index in [1.807, 2.05) is 0 Å². The summed E-state index contributed by atoms with van der Waals surface area (Å²) in [6, 6.07) is 6.56. The smallest absolute Gasteiger partial charge is 0.224 e. The maximum atomic E-state index is 13.3. The second kappa shape index (κ2) is 4.31. The Morgan fingerprint density at radius 2 is 2.20 bits per heavy atom. The maximum Gasteiger partial charge on any atom is 0.224 e. The summed E-state index contributed by atoms with van der Waals surface area (Å²) in [5.74, 6) is -0.163. The van der Waals surface area contributed by atoms with E-state index in [0.717, 1.165) is 0 Å². The number of likely N-dealkylation sites (tertiary alicyclic amines) is 1. The van der Waals surface area contributed by atoms with E-state index in [1.54, 1.807) is 23.1 Å². The van der Waals surface area contributed by atoms with E-state index in [0.29, 0.717) is 25.1 Å². The molecule has 0 aliphatic carbocycles. The van der Waals surface area contributed by atoms with Crippen molar-refractivity contribution in [1.29, 1.82) is 0 Å². The Balaban J connectivity index is 2.09. The van der Waals surface area contributed by atoms with Crippen molar-refractivity contribution in [1.82, 2.24) is 4.90 Å². The normalized spacial score (nSPS) is 21.1. The molecular weight excluding hydrogens is 261 g/mol. The number of carbonyl (C=O) groups excluding carboxylic acids is 1. The van der Waals surface area contributed by atoms with Crippen LogP contribution in [0.3, 0.4) is 0 Å². The van der Waals surface area contributed by atoms with Crippen LogP contribution < -0.4 is 0 Å². The molecule has 2 nitrogen and oxygen atoms in total. The van der Waals surface area contributed by atoms with Crippen LogP contribution in [0.4, 0.5) is 4.39 Å². The Kier molecular flexibility index (Phi) is 3.05. The van der Waals surface area contributed by atoms with Crippen LogP contribution in [-0.2, 0) is 11.3 Å². The van der Waals surface area contributed by atoms with E-state index >= 15 is 0 Å². The monoisotopic (exact) mass is 271 g/mol. The molecule has 1 aromatic rings. The molecule has 0 aromatic heterocycles. The summed E-state index contributed by atoms with van der Waals surface area (Å²) in [6.45, 7) is 1.03. The predicted molar refractivity (Wildman–Crippen MR) is 59.1 cm³/mol. The highest BCUT2D eigenvalue weighted by atomic mass is 79.9. The summed E-state index contributed by atoms with van der Waals surface area (Å²) in [5, 5.41) is 0. The van der Waals surface area contributed by atoms with E-state index in [1.165, 1.54) is 6.07 Å². The van der Waals surface area contributed by atoms with Crippen LogP contribution in [-0.4, -0.2) is 22.2 Å². The Morgan fingerprint density at radius 3 is 2.80 bits per heavy atom. The van der Waals surface area contributed by atoms with Crippen molar-refractivity contribution in [2.45, 2.75) is 17.8 Å². The first-order valence-corrected chi connectivity index (χ1v) is 5.73. The molecule has 1 atom stereocenters. The summed E-state index contributed by atoms with van der Waals surface area (Å²) in [6.07, 6.45) is 0.508. The summed E-state index contributed by atoms with van der Waals surface area (Å²) >= 11 is 3.39. The Bertz CT molecular complexity index is 383. The first-order valence-electron chi connectivity index (χ1n) is 4.82. The third kappa shape index (κ3) is 2.37. The maximum absolute atomic E-state index is 13.3. The van der Waals surface area contributed by atoms with E-state index < -0.39 is 0 Å². The van der Waals surface area contributed by atoms with Crippen LogP contribution in [0.25, 0.3) is 0 Å². The Labute approximate surface area is 96.2 Å². The fourth-order valence-electron chi connectivity index (χ4n) is 1.71. The molecule has 15 heavy (non-hydrogen) atoms. The number of alkyl halides is 1. The SMILES string of the molecule is O=C1CC(Br)CN1Cc1ccccc1F. The lowest BCUT2D eigenvalue weighted by Gasteiger charge is -2.15. The zero-order chi connectivity index (χ0) is 10.8. The third-order valence-electron chi connectivity index (χ3n) is 2.49. The number of benzene rings is 1. The number of halogens is 2. The van der Waals surface area contributed by atoms with Gasteiger partial charge in [0.25, 0.3) is 0 Å². The molecular formula is C11H11BrFNO. The van der Waals surface area contributed by atoms with E-state index in [2.05, 4.69) is 15.9 Å². The molecule has 1 fully saturated rings. The highest BCUT2D eigenvalue weighted by Gasteiger charge is 2.27. The van der Waals surface area contributed by atoms with Crippen LogP contribution in [0.5, 0.6) is 0 Å². The molecule has 1 unspecified atom stereocenters. The molecule has 0 N–H and O–H groups in total. The molecule has 2 rings (SSSR count). The first kappa shape index (κ1) is 10.6. The van der Waals surface area contributed by atoms with Crippen molar-refractivity contribution in [3.05, 3.63) is 35.6 Å². The average molecular weight is 272 g/mol. The molecule has 0 saturated carbocycles. The van der Waals surface area contributed by atoms with Gasteiger partial charge < -0.3 is 4.90 Å². The number of hydrogen-bond donors (Lipinski definition) is 0. The van der Waals surface area contributed by atoms with Gasteiger partial charge in [0.1, 0.15) is 5.82 Å². The molecule has 1 aliphatic rings. The Hall–Kier alpha value is -0.900. The first-order chi connectivity index (χ1) is 7.16. The standard InChI is InChI=1S/C11H11BrFNO/c12-9-5-11(15)14(7-9)6-8-3-1-2-4-10(8)13/h1-4,9H,5-7H2. The average Bonchev–Trinajstić information content (AvgIpc) is 2.49. The molecule has 1 amide bonds. The summed E-state index contributed by atoms with van der Waals surface area (Å²) in [5.41, 5.74) is 0.576. The second-order valence-electron chi connectivity index (χ2n) is 3.67. The van der Waals surface area contributed by atoms with E-state index in [-0.39, 0.29) is 16.6 Å². The highest BCUT2D eigenvalue weighted by molar-refractivity contribution is 9.09. The van der Waals surface area contributed by atoms with Gasteiger partial charge in [-0.3, -0.25) is 4.79 Å². The van der Waals surface area contributed by atoms with Crippen LogP contribution in [0, 0.1) is 5.82 Å². The summed E-state index contributed by atoms with van der Waals surface area (Å²) < 4.78 is 13.3. The molecule has 1 aliphatic heterocycles. The van der Waals surface area contributed by atoms with Crippen molar-refractivity contribution < 1.29 is 9.18 Å². The molecule has 0 spiro atoms. The minimum Gasteiger partial charge on any atom is -0.337 e. The van der Waals surface area contributed by atoms with Gasteiger partial charge in [0.05, 0.1) is 0 Å². The van der Waals surface area contributed by atoms with Crippen molar-refractivity contribution >= 4 is 21.8 Å². The highest BCUT2D eigenvalue weighted by Crippen LogP contribution is 2.21. The van der Waals surface area contributed by atoms with Crippen molar-refractivity contribution in [3.8, 4) is 0 Å². The van der Waals surface area contributed by atoms with E-state index in [4.69, 9.17) is 0 Å². The van der Waals surface area contributed by atoms with Crippen LogP contribution in [0.15, 0.2) is 24.3 Å². The van der Waals surface area contributed by atoms with Crippen molar-refractivity contribution in [3.63, 3.8) is 0 Å². The largest absolute Gasteiger partial charge is 0.337 e. The fourth-order valence-corrected chi connectivity index (χ4v) is 2.34. The number of carbonyl (C=O) groups is 1. The molecule has 0 bridgehead atoms. The van der Waals surface area contributed by atoms with Crippen LogP contribution in [0.1, 0.15) is 12.0 Å². The number of nitrogens with zero attached hydrogens (tertiary/aromatic N) is 1. The van der Waals surface area contributed by atoms with Gasteiger partial charge >= 0.3 is 0 Å². The second-order valence-corrected chi connectivity index (χ2v) is 4.96. The molecule has 0 radical (unpaired) electrons. The molecule has 80 valence electrons. The summed E-state index contributed by atoms with van der Waals surface area (Å²) in [4.78, 5) is 13.4. The molecule has 1 heterocycles. The van der Waals surface area contributed by atoms with Gasteiger partial charge in [-0.05, 0) is 6.07 Å². The van der Waals surface area contributed by atoms with Crippen LogP contribution >= 0.6 is 15.9 Å². The minimum absolute atomic E-state index is 0.0835. The van der Waals surface area contributed by atoms with Gasteiger partial charge in [-0.25, -0.2) is 4.39 Å². The predicted octanol–water partition coefficient (Wildman–Crippen LogP) is 2.32. The lowest BCUT2D eigenvalue weighted by molar-refractivity contribution is -0.128. The van der Waals surface area contributed by atoms with Gasteiger partial charge in [-0.2, -0.15) is 0 Å². The van der Waals surface area contributed by atoms with Crippen LogP contribution in [0.2, 0.25) is 0 Å². The van der Waals surface area contributed by atoms with E-state index in [9.17, 15) is 9.18 Å². The lowest BCUT2D eigenvalue weighted by Crippen LogP contribution is -2.25. The quantitative estimate of drug-likeness (QED) is 0.757. The Morgan fingerprint density at radius 1 is 1.47 bits per heavy atom. The minimum atomic E-state index is -0.247. The zero-order valence-corrected chi connectivity index (χ0v) is 9.71. The fraction of sp³-hybridized carbons (Fsp3) is 0.364. The molecule has 1 aromatic carbocycles. The third-order valence-corrected chi connectivity index (χ3v) is 3.10. The number of amides is 1. The summed E-state index contributed by atoms with van der Waals surface area (Å²) in [7, 11) is 0. The van der Waals surface area contributed by atoms with Crippen molar-refractivity contribution in [2.24, 2.45) is 0 Å². The topological polar surface area (TPSA) is 20.3 Å². The van der Waals surface area contributed by atoms with Crippen molar-refractivity contribution in [2.75, 3.05) is 6.54 Å². The number of rotatable bonds is 2. The van der Waals surface area contributed by atoms with Gasteiger partial charge in [0, 0.05) is 29.9 Å². The van der Waals surface area contributed by atoms with Gasteiger partial charge in [-0.15, -0.1) is 0 Å². The van der Waals surface area contributed by atoms with Gasteiger partial charge in [0.15, 0.2) is 0 Å². The zero-order valence-electron chi connectivity index (χ0n) is 8.12. The van der Waals surface area contributed by atoms with Gasteiger partial charge in [0.2, 0.25) is 5.91 Å². The number of hydrogen-bond acceptors (Lipinski definition) is 1. The molecule has 4 heteroatoms.